The van der Waals surface area contributed by atoms with Crippen LogP contribution in [0.1, 0.15) is 45.0 Å². The number of nitrogens with two attached hydrogens (primary N) is 1. The standard InChI is InChI=1S/C29H34FN5O4S/c1-4-5-10-26-33-24-13-14-34(18-27(36)32-16-19(2)3)29(37)28(24)35(26)17-21-12-11-20(15-23(21)30)22-8-6-7-9-25(22)40(31,38)39/h6-9,11-15,19H,4-5,10,16-18H2,1-3H3,(H,32,36)(H2,31,38,39). The quantitative estimate of drug-likeness (QED) is 0.285. The Hall–Kier alpha value is -3.83. The number of benzene rings is 2. The average molecular weight is 568 g/mol. The van der Waals surface area contributed by atoms with Crippen molar-refractivity contribution in [2.75, 3.05) is 6.54 Å². The molecule has 0 saturated heterocycles. The molecule has 0 bridgehead atoms. The van der Waals surface area contributed by atoms with Gasteiger partial charge in [0.05, 0.1) is 17.0 Å². The molecule has 0 aliphatic heterocycles. The monoisotopic (exact) mass is 567 g/mol. The fourth-order valence-electron chi connectivity index (χ4n) is 4.54. The molecule has 0 saturated carbocycles. The number of hydrogen-bond donors (Lipinski definition) is 2. The first-order valence-corrected chi connectivity index (χ1v) is 14.8. The average Bonchev–Trinajstić information content (AvgIpc) is 3.26. The molecular formula is C29H34FN5O4S. The molecule has 0 aliphatic carbocycles. The van der Waals surface area contributed by atoms with Gasteiger partial charge < -0.3 is 14.5 Å². The second kappa shape index (κ2) is 12.1. The van der Waals surface area contributed by atoms with Gasteiger partial charge in [0.1, 0.15) is 23.7 Å². The summed E-state index contributed by atoms with van der Waals surface area (Å²) in [6.07, 6.45) is 3.90. The van der Waals surface area contributed by atoms with E-state index in [1.54, 1.807) is 47.2 Å². The molecule has 0 radical (unpaired) electrons. The summed E-state index contributed by atoms with van der Waals surface area (Å²) in [6.45, 7) is 6.43. The number of unbranched alkanes of at least 4 members (excludes halogenated alkanes) is 1. The fourth-order valence-corrected chi connectivity index (χ4v) is 5.30. The minimum atomic E-state index is -4.01. The van der Waals surface area contributed by atoms with E-state index in [2.05, 4.69) is 10.3 Å². The predicted octanol–water partition coefficient (Wildman–Crippen LogP) is 3.81. The van der Waals surface area contributed by atoms with E-state index < -0.39 is 15.8 Å². The molecule has 0 atom stereocenters. The van der Waals surface area contributed by atoms with Crippen molar-refractivity contribution >= 4 is 27.0 Å². The number of imidazole rings is 1. The van der Waals surface area contributed by atoms with Gasteiger partial charge in [0.2, 0.25) is 15.9 Å². The van der Waals surface area contributed by atoms with Gasteiger partial charge >= 0.3 is 0 Å². The van der Waals surface area contributed by atoms with E-state index in [4.69, 9.17) is 5.14 Å². The number of carbonyl (C=O) groups is 1. The Labute approximate surface area is 232 Å². The zero-order chi connectivity index (χ0) is 29.0. The van der Waals surface area contributed by atoms with Crippen LogP contribution in [0.4, 0.5) is 4.39 Å². The lowest BCUT2D eigenvalue weighted by atomic mass is 10.0. The van der Waals surface area contributed by atoms with Crippen molar-refractivity contribution in [2.24, 2.45) is 11.1 Å². The first-order chi connectivity index (χ1) is 19.0. The number of fused-ring (bicyclic) bond motifs is 1. The number of halogens is 1. The third-order valence-electron chi connectivity index (χ3n) is 6.61. The third-order valence-corrected chi connectivity index (χ3v) is 7.58. The number of amides is 1. The number of nitrogens with zero attached hydrogens (tertiary/aromatic N) is 3. The molecule has 2 aromatic carbocycles. The zero-order valence-corrected chi connectivity index (χ0v) is 23.7. The molecule has 40 heavy (non-hydrogen) atoms. The fraction of sp³-hybridized carbons (Fsp3) is 0.345. The van der Waals surface area contributed by atoms with Gasteiger partial charge in [0.25, 0.3) is 5.56 Å². The maximum Gasteiger partial charge on any atom is 0.277 e. The van der Waals surface area contributed by atoms with Crippen molar-refractivity contribution in [3.8, 4) is 11.1 Å². The lowest BCUT2D eigenvalue weighted by Gasteiger charge is -2.13. The Morgan fingerprint density at radius 3 is 2.58 bits per heavy atom. The van der Waals surface area contributed by atoms with Crippen LogP contribution in [0, 0.1) is 11.7 Å². The van der Waals surface area contributed by atoms with Crippen molar-refractivity contribution in [2.45, 2.75) is 58.0 Å². The molecule has 4 aromatic rings. The van der Waals surface area contributed by atoms with Gasteiger partial charge in [-0.15, -0.1) is 0 Å². The molecule has 0 aliphatic rings. The number of hydrogen-bond acceptors (Lipinski definition) is 5. The van der Waals surface area contributed by atoms with Gasteiger partial charge in [0.15, 0.2) is 0 Å². The Balaban J connectivity index is 1.74. The van der Waals surface area contributed by atoms with Gasteiger partial charge in [-0.3, -0.25) is 9.59 Å². The van der Waals surface area contributed by atoms with Crippen LogP contribution in [0.2, 0.25) is 0 Å². The largest absolute Gasteiger partial charge is 0.354 e. The lowest BCUT2D eigenvalue weighted by molar-refractivity contribution is -0.121. The van der Waals surface area contributed by atoms with Gasteiger partial charge in [-0.05, 0) is 36.1 Å². The molecule has 2 heterocycles. The minimum absolute atomic E-state index is 0.0390. The topological polar surface area (TPSA) is 129 Å². The van der Waals surface area contributed by atoms with Crippen LogP contribution in [0.15, 0.2) is 64.4 Å². The highest BCUT2D eigenvalue weighted by molar-refractivity contribution is 7.89. The molecule has 11 heteroatoms. The first-order valence-electron chi connectivity index (χ1n) is 13.3. The summed E-state index contributed by atoms with van der Waals surface area (Å²) >= 11 is 0. The molecule has 212 valence electrons. The smallest absolute Gasteiger partial charge is 0.277 e. The van der Waals surface area contributed by atoms with E-state index in [9.17, 15) is 18.0 Å². The number of pyridine rings is 1. The summed E-state index contributed by atoms with van der Waals surface area (Å²) in [6, 6.07) is 12.3. The number of aryl methyl sites for hydroxylation is 1. The Bertz CT molecular complexity index is 1710. The predicted molar refractivity (Wildman–Crippen MR) is 153 cm³/mol. The van der Waals surface area contributed by atoms with Crippen LogP contribution >= 0.6 is 0 Å². The van der Waals surface area contributed by atoms with Crippen LogP contribution in [0.25, 0.3) is 22.2 Å². The van der Waals surface area contributed by atoms with Crippen LogP contribution < -0.4 is 16.0 Å². The number of sulfonamides is 1. The third kappa shape index (κ3) is 6.48. The van der Waals surface area contributed by atoms with E-state index in [0.29, 0.717) is 46.5 Å². The number of rotatable bonds is 11. The molecule has 0 spiro atoms. The van der Waals surface area contributed by atoms with Crippen LogP contribution in [-0.2, 0) is 34.3 Å². The Kier molecular flexibility index (Phi) is 8.85. The number of carbonyl (C=O) groups excluding carboxylic acids is 1. The highest BCUT2D eigenvalue weighted by atomic mass is 32.2. The molecule has 9 nitrogen and oxygen atoms in total. The van der Waals surface area contributed by atoms with E-state index in [-0.39, 0.29) is 35.4 Å². The summed E-state index contributed by atoms with van der Waals surface area (Å²) in [7, 11) is -4.01. The summed E-state index contributed by atoms with van der Waals surface area (Å²) in [5, 5.41) is 8.18. The second-order valence-electron chi connectivity index (χ2n) is 10.2. The number of aromatic nitrogens is 3. The van der Waals surface area contributed by atoms with Crippen molar-refractivity contribution in [3.63, 3.8) is 0 Å². The molecule has 4 rings (SSSR count). The van der Waals surface area contributed by atoms with Crippen molar-refractivity contribution in [1.82, 2.24) is 19.4 Å². The van der Waals surface area contributed by atoms with Gasteiger partial charge in [0, 0.05) is 30.3 Å². The minimum Gasteiger partial charge on any atom is -0.354 e. The van der Waals surface area contributed by atoms with Crippen LogP contribution in [-0.4, -0.2) is 35.0 Å². The molecule has 1 amide bonds. The van der Waals surface area contributed by atoms with Gasteiger partial charge in [-0.25, -0.2) is 22.9 Å². The normalized spacial score (nSPS) is 11.8. The van der Waals surface area contributed by atoms with E-state index in [1.807, 2.05) is 20.8 Å². The van der Waals surface area contributed by atoms with Crippen LogP contribution in [0.3, 0.4) is 0 Å². The van der Waals surface area contributed by atoms with Gasteiger partial charge in [-0.1, -0.05) is 57.5 Å². The number of nitrogens with one attached hydrogen (secondary N) is 1. The second-order valence-corrected chi connectivity index (χ2v) is 11.8. The van der Waals surface area contributed by atoms with E-state index in [1.165, 1.54) is 16.7 Å². The maximum atomic E-state index is 15.5. The molecule has 2 aromatic heterocycles. The lowest BCUT2D eigenvalue weighted by Crippen LogP contribution is -2.34. The highest BCUT2D eigenvalue weighted by Crippen LogP contribution is 2.28. The van der Waals surface area contributed by atoms with E-state index in [0.717, 1.165) is 12.8 Å². The Morgan fingerprint density at radius 1 is 1.15 bits per heavy atom. The molecular weight excluding hydrogens is 533 g/mol. The molecule has 3 N–H and O–H groups in total. The van der Waals surface area contributed by atoms with E-state index >= 15 is 4.39 Å². The summed E-state index contributed by atoms with van der Waals surface area (Å²) in [5.74, 6) is 0.0994. The van der Waals surface area contributed by atoms with Gasteiger partial charge in [-0.2, -0.15) is 0 Å². The number of primary sulfonamides is 1. The zero-order valence-electron chi connectivity index (χ0n) is 22.9. The Morgan fingerprint density at radius 2 is 1.90 bits per heavy atom. The summed E-state index contributed by atoms with van der Waals surface area (Å²) < 4.78 is 42.6. The molecule has 0 unspecified atom stereocenters. The molecule has 0 fully saturated rings. The van der Waals surface area contributed by atoms with Crippen molar-refractivity contribution in [3.05, 3.63) is 82.3 Å². The SMILES string of the molecule is CCCCc1nc2ccn(CC(=O)NCC(C)C)c(=O)c2n1Cc1ccc(-c2ccccc2S(N)(=O)=O)cc1F. The van der Waals surface area contributed by atoms with Crippen molar-refractivity contribution < 1.29 is 17.6 Å². The maximum absolute atomic E-state index is 15.5. The first kappa shape index (κ1) is 29.2. The summed E-state index contributed by atoms with van der Waals surface area (Å²) in [4.78, 5) is 30.5. The van der Waals surface area contributed by atoms with Crippen molar-refractivity contribution in [1.29, 1.82) is 0 Å². The highest BCUT2D eigenvalue weighted by Gasteiger charge is 2.19. The van der Waals surface area contributed by atoms with Crippen LogP contribution in [0.5, 0.6) is 0 Å². The summed E-state index contributed by atoms with van der Waals surface area (Å²) in [5.41, 5.74) is 1.36.